The molecule has 0 aliphatic heterocycles. The van der Waals surface area contributed by atoms with Crippen LogP contribution in [0.1, 0.15) is 6.92 Å². The maximum atomic E-state index is 12.4. The number of carbonyl (C=O) groups is 1. The summed E-state index contributed by atoms with van der Waals surface area (Å²) in [5.41, 5.74) is 1.02. The molecule has 1 amide bonds. The number of phenols is 1. The van der Waals surface area contributed by atoms with Crippen LogP contribution in [-0.4, -0.2) is 42.7 Å². The van der Waals surface area contributed by atoms with Gasteiger partial charge in [0.2, 0.25) is 0 Å². The summed E-state index contributed by atoms with van der Waals surface area (Å²) in [5, 5.41) is 11.7. The van der Waals surface area contributed by atoms with E-state index >= 15 is 0 Å². The summed E-state index contributed by atoms with van der Waals surface area (Å²) in [4.78, 5) is 14.7. The molecule has 0 bridgehead atoms. The second-order valence-corrected chi connectivity index (χ2v) is 11.0. The first kappa shape index (κ1) is 17.7. The summed E-state index contributed by atoms with van der Waals surface area (Å²) in [5.74, 6) is -0.851. The van der Waals surface area contributed by atoms with Gasteiger partial charge in [-0.2, -0.15) is 0 Å². The molecule has 2 rings (SSSR count). The number of amides is 1. The van der Waals surface area contributed by atoms with Gasteiger partial charge in [-0.1, -0.05) is 0 Å². The van der Waals surface area contributed by atoms with Crippen LogP contribution < -0.4 is 9.67 Å². The second kappa shape index (κ2) is 6.46. The molecule has 0 aliphatic carbocycles. The Balaban J connectivity index is 2.44. The number of rotatable bonds is 5. The van der Waals surface area contributed by atoms with Crippen molar-refractivity contribution in [2.45, 2.75) is 11.1 Å². The van der Waals surface area contributed by atoms with Gasteiger partial charge in [-0.05, 0) is 0 Å². The van der Waals surface area contributed by atoms with Crippen LogP contribution in [0.15, 0.2) is 34.1 Å². The van der Waals surface area contributed by atoms with Crippen molar-refractivity contribution in [3.05, 3.63) is 29.9 Å². The Kier molecular flexibility index (Phi) is 4.97. The fourth-order valence-corrected chi connectivity index (χ4v) is 7.71. The predicted octanol–water partition coefficient (Wildman–Crippen LogP) is -0.219. The molecule has 9 nitrogen and oxygen atoms in total. The first-order valence-corrected chi connectivity index (χ1v) is 11.5. The summed E-state index contributed by atoms with van der Waals surface area (Å²) >= 11 is -4.86. The van der Waals surface area contributed by atoms with E-state index in [1.54, 1.807) is 0 Å². The van der Waals surface area contributed by atoms with Gasteiger partial charge in [0.25, 0.3) is 0 Å². The van der Waals surface area contributed by atoms with Crippen molar-refractivity contribution in [2.24, 2.45) is 0 Å². The SMILES string of the molecule is CC(=O)Nc1cc(O)ccc1[As](=O)(O)OS(=O)(=O)c1cncs1. The molecule has 0 saturated heterocycles. The van der Waals surface area contributed by atoms with E-state index < -0.39 is 34.5 Å². The van der Waals surface area contributed by atoms with Gasteiger partial charge in [-0.25, -0.2) is 0 Å². The van der Waals surface area contributed by atoms with Crippen molar-refractivity contribution in [3.8, 4) is 5.75 Å². The molecule has 1 heterocycles. The Morgan fingerprint density at radius 1 is 1.43 bits per heavy atom. The minimum absolute atomic E-state index is 0.206. The zero-order valence-electron chi connectivity index (χ0n) is 11.5. The van der Waals surface area contributed by atoms with E-state index in [9.17, 15) is 26.2 Å². The van der Waals surface area contributed by atoms with E-state index in [1.165, 1.54) is 5.51 Å². The molecule has 0 aliphatic rings. The molecule has 23 heavy (non-hydrogen) atoms. The van der Waals surface area contributed by atoms with E-state index in [1.807, 2.05) is 0 Å². The molecule has 0 spiro atoms. The summed E-state index contributed by atoms with van der Waals surface area (Å²) in [6.07, 6.45) is 0.987. The number of anilines is 1. The Bertz CT molecular complexity index is 880. The van der Waals surface area contributed by atoms with Crippen LogP contribution in [0, 0.1) is 0 Å². The number of benzene rings is 1. The van der Waals surface area contributed by atoms with Crippen molar-refractivity contribution in [3.63, 3.8) is 0 Å². The van der Waals surface area contributed by atoms with Crippen LogP contribution in [0.25, 0.3) is 0 Å². The van der Waals surface area contributed by atoms with Gasteiger partial charge >= 0.3 is 138 Å². The number of aromatic hydroxyl groups is 1. The quantitative estimate of drug-likeness (QED) is 0.562. The molecule has 0 radical (unpaired) electrons. The number of thiazole rings is 1. The van der Waals surface area contributed by atoms with E-state index in [0.717, 1.165) is 42.7 Å². The van der Waals surface area contributed by atoms with E-state index in [4.69, 9.17) is 0 Å². The number of hydrogen-bond donors (Lipinski definition) is 3. The van der Waals surface area contributed by atoms with Crippen molar-refractivity contribution >= 4 is 51.6 Å². The van der Waals surface area contributed by atoms with Crippen molar-refractivity contribution in [2.75, 3.05) is 5.32 Å². The van der Waals surface area contributed by atoms with E-state index in [0.29, 0.717) is 0 Å². The normalized spacial score (nSPS) is 14.2. The van der Waals surface area contributed by atoms with Gasteiger partial charge in [0.1, 0.15) is 0 Å². The zero-order valence-corrected chi connectivity index (χ0v) is 15.0. The Morgan fingerprint density at radius 3 is 2.70 bits per heavy atom. The summed E-state index contributed by atoms with van der Waals surface area (Å²) in [6, 6.07) is 3.11. The number of phenolic OH excluding ortho intramolecular Hbond substituents is 1. The molecule has 2 aromatic rings. The van der Waals surface area contributed by atoms with Crippen LogP contribution in [0.5, 0.6) is 5.75 Å². The standard InChI is InChI=1S/C11H11AsN2O7S2/c1-7(15)14-10-4-8(16)2-3-9(10)12(17,18)21-23(19,20)11-5-13-6-22-11/h2-6,16H,1H3,(H,14,15)(H,17,18). The van der Waals surface area contributed by atoms with Gasteiger partial charge in [-0.3, -0.25) is 0 Å². The average molecular weight is 422 g/mol. The Labute approximate surface area is 138 Å². The average Bonchev–Trinajstić information content (AvgIpc) is 2.90. The number of nitrogens with one attached hydrogen (secondary N) is 1. The summed E-state index contributed by atoms with van der Waals surface area (Å²) < 4.78 is 50.2. The van der Waals surface area contributed by atoms with Crippen molar-refractivity contribution in [1.82, 2.24) is 4.98 Å². The van der Waals surface area contributed by atoms with Gasteiger partial charge in [-0.15, -0.1) is 0 Å². The maximum absolute atomic E-state index is 12.4. The van der Waals surface area contributed by atoms with E-state index in [-0.39, 0.29) is 15.6 Å². The molecule has 0 fully saturated rings. The molecule has 1 unspecified atom stereocenters. The fourth-order valence-electron chi connectivity index (χ4n) is 1.60. The van der Waals surface area contributed by atoms with E-state index in [2.05, 4.69) is 13.5 Å². The first-order valence-electron chi connectivity index (χ1n) is 5.90. The Morgan fingerprint density at radius 2 is 2.13 bits per heavy atom. The second-order valence-electron chi connectivity index (χ2n) is 4.25. The van der Waals surface area contributed by atoms with Crippen LogP contribution in [0.3, 0.4) is 0 Å². The third-order valence-electron chi connectivity index (χ3n) is 2.45. The molecule has 0 saturated carbocycles. The molecule has 3 N–H and O–H groups in total. The molecule has 1 aromatic carbocycles. The minimum atomic E-state index is -5.59. The molecule has 12 heteroatoms. The summed E-state index contributed by atoms with van der Waals surface area (Å²) in [7, 11) is -4.48. The first-order chi connectivity index (χ1) is 10.6. The van der Waals surface area contributed by atoms with Crippen LogP contribution in [-0.2, 0) is 21.8 Å². The molecular weight excluding hydrogens is 411 g/mol. The van der Waals surface area contributed by atoms with Crippen molar-refractivity contribution < 1.29 is 29.3 Å². The van der Waals surface area contributed by atoms with Gasteiger partial charge in [0.15, 0.2) is 0 Å². The van der Waals surface area contributed by atoms with Crippen LogP contribution in [0.4, 0.5) is 5.69 Å². The van der Waals surface area contributed by atoms with Crippen LogP contribution in [0.2, 0.25) is 0 Å². The molecule has 1 aromatic heterocycles. The fraction of sp³-hybridized carbons (Fsp3) is 0.0909. The number of nitrogens with zero attached hydrogens (tertiary/aromatic N) is 1. The Hall–Kier alpha value is -1.65. The van der Waals surface area contributed by atoms with Gasteiger partial charge in [0.05, 0.1) is 0 Å². The monoisotopic (exact) mass is 422 g/mol. The third-order valence-corrected chi connectivity index (χ3v) is 9.52. The summed E-state index contributed by atoms with van der Waals surface area (Å²) in [6.45, 7) is 1.15. The molecule has 1 atom stereocenters. The number of aromatic nitrogens is 1. The third kappa shape index (κ3) is 4.21. The van der Waals surface area contributed by atoms with Crippen molar-refractivity contribution in [1.29, 1.82) is 0 Å². The van der Waals surface area contributed by atoms with Crippen LogP contribution >= 0.6 is 11.3 Å². The number of carbonyl (C=O) groups excluding carboxylic acids is 1. The van der Waals surface area contributed by atoms with Gasteiger partial charge < -0.3 is 0 Å². The molecule has 124 valence electrons. The van der Waals surface area contributed by atoms with Gasteiger partial charge in [0, 0.05) is 0 Å². The molecular formula is C11H11AsN2O7S2. The number of hydrogen-bond acceptors (Lipinski definition) is 8. The zero-order chi connectivity index (χ0) is 17.3. The predicted molar refractivity (Wildman–Crippen MR) is 81.1 cm³/mol. The topological polar surface area (TPSA) is 143 Å².